The molecule has 124 valence electrons. The minimum atomic E-state index is -0.543. The molecular formula is C17H21FN2O3. The number of hydrogen-bond acceptors (Lipinski definition) is 3. The molecule has 1 aromatic rings. The topological polar surface area (TPSA) is 49.9 Å². The van der Waals surface area contributed by atoms with Crippen molar-refractivity contribution >= 4 is 11.8 Å². The predicted molar refractivity (Wildman–Crippen MR) is 82.8 cm³/mol. The summed E-state index contributed by atoms with van der Waals surface area (Å²) in [5.74, 6) is -0.202. The number of methoxy groups -OCH3 is 1. The number of carbonyl (C=O) groups excluding carboxylic acids is 2. The van der Waals surface area contributed by atoms with Crippen molar-refractivity contribution < 1.29 is 18.7 Å². The highest BCUT2D eigenvalue weighted by atomic mass is 19.1. The number of amides is 2. The Morgan fingerprint density at radius 2 is 1.83 bits per heavy atom. The first-order chi connectivity index (χ1) is 11.1. The van der Waals surface area contributed by atoms with E-state index in [4.69, 9.17) is 4.74 Å². The summed E-state index contributed by atoms with van der Waals surface area (Å²) in [6.45, 7) is 2.32. The molecule has 2 aliphatic rings. The van der Waals surface area contributed by atoms with Crippen LogP contribution in [0.15, 0.2) is 18.2 Å². The van der Waals surface area contributed by atoms with Gasteiger partial charge in [0, 0.05) is 37.7 Å². The predicted octanol–water partition coefficient (Wildman–Crippen LogP) is 1.92. The smallest absolute Gasteiger partial charge is 0.254 e. The summed E-state index contributed by atoms with van der Waals surface area (Å²) in [5, 5.41) is 0. The molecule has 6 heteroatoms. The summed E-state index contributed by atoms with van der Waals surface area (Å²) in [7, 11) is 1.39. The van der Waals surface area contributed by atoms with Crippen LogP contribution in [0.1, 0.15) is 29.6 Å². The molecule has 0 atom stereocenters. The van der Waals surface area contributed by atoms with E-state index in [0.29, 0.717) is 31.7 Å². The average molecular weight is 320 g/mol. The van der Waals surface area contributed by atoms with Crippen molar-refractivity contribution in [1.82, 2.24) is 9.80 Å². The fourth-order valence-corrected chi connectivity index (χ4v) is 2.91. The lowest BCUT2D eigenvalue weighted by Crippen LogP contribution is -2.38. The lowest BCUT2D eigenvalue weighted by molar-refractivity contribution is -0.132. The lowest BCUT2D eigenvalue weighted by atomic mass is 10.1. The molecule has 1 aliphatic carbocycles. The van der Waals surface area contributed by atoms with Gasteiger partial charge in [-0.1, -0.05) is 0 Å². The van der Waals surface area contributed by atoms with Gasteiger partial charge < -0.3 is 14.5 Å². The molecule has 0 N–H and O–H groups in total. The molecule has 0 bridgehead atoms. The number of halogens is 1. The maximum Gasteiger partial charge on any atom is 0.254 e. The van der Waals surface area contributed by atoms with Crippen molar-refractivity contribution in [2.75, 3.05) is 33.3 Å². The van der Waals surface area contributed by atoms with Gasteiger partial charge in [0.2, 0.25) is 5.91 Å². The van der Waals surface area contributed by atoms with E-state index in [1.807, 2.05) is 4.90 Å². The van der Waals surface area contributed by atoms with Crippen molar-refractivity contribution in [1.29, 1.82) is 0 Å². The second-order valence-electron chi connectivity index (χ2n) is 6.09. The number of carbonyl (C=O) groups is 2. The third-order valence-electron chi connectivity index (χ3n) is 4.42. The van der Waals surface area contributed by atoms with Crippen LogP contribution in [-0.4, -0.2) is 54.9 Å². The average Bonchev–Trinajstić information content (AvgIpc) is 3.39. The van der Waals surface area contributed by atoms with Crippen molar-refractivity contribution in [3.63, 3.8) is 0 Å². The Kier molecular flexibility index (Phi) is 4.50. The Bertz CT molecular complexity index is 616. The van der Waals surface area contributed by atoms with Crippen molar-refractivity contribution in [3.8, 4) is 5.75 Å². The minimum Gasteiger partial charge on any atom is -0.494 e. The third kappa shape index (κ3) is 3.46. The van der Waals surface area contributed by atoms with Crippen molar-refractivity contribution in [3.05, 3.63) is 29.6 Å². The van der Waals surface area contributed by atoms with Gasteiger partial charge in [0.15, 0.2) is 11.6 Å². The summed E-state index contributed by atoms with van der Waals surface area (Å²) < 4.78 is 18.6. The van der Waals surface area contributed by atoms with Crippen LogP contribution in [0.5, 0.6) is 5.75 Å². The number of nitrogens with zero attached hydrogens (tertiary/aromatic N) is 2. The number of ether oxygens (including phenoxy) is 1. The van der Waals surface area contributed by atoms with Crippen LogP contribution in [0.4, 0.5) is 4.39 Å². The number of rotatable bonds is 3. The zero-order valence-electron chi connectivity index (χ0n) is 13.3. The Morgan fingerprint density at radius 1 is 1.13 bits per heavy atom. The fourth-order valence-electron chi connectivity index (χ4n) is 2.91. The van der Waals surface area contributed by atoms with Gasteiger partial charge in [-0.15, -0.1) is 0 Å². The molecule has 23 heavy (non-hydrogen) atoms. The van der Waals surface area contributed by atoms with Crippen LogP contribution in [0.3, 0.4) is 0 Å². The first kappa shape index (κ1) is 15.8. The van der Waals surface area contributed by atoms with Crippen LogP contribution in [0.2, 0.25) is 0 Å². The van der Waals surface area contributed by atoms with E-state index in [-0.39, 0.29) is 23.5 Å². The molecule has 0 radical (unpaired) electrons. The summed E-state index contributed by atoms with van der Waals surface area (Å²) in [6.07, 6.45) is 2.73. The Balaban J connectivity index is 1.65. The molecule has 1 aliphatic heterocycles. The highest BCUT2D eigenvalue weighted by molar-refractivity contribution is 5.94. The largest absolute Gasteiger partial charge is 0.494 e. The SMILES string of the molecule is COc1ccc(C(=O)N2CCCN(C(=O)C3CC3)CC2)cc1F. The van der Waals surface area contributed by atoms with Gasteiger partial charge in [-0.3, -0.25) is 9.59 Å². The molecule has 0 spiro atoms. The normalized spacial score (nSPS) is 18.5. The van der Waals surface area contributed by atoms with Crippen molar-refractivity contribution in [2.24, 2.45) is 5.92 Å². The Hall–Kier alpha value is -2.11. The summed E-state index contributed by atoms with van der Waals surface area (Å²) in [4.78, 5) is 28.2. The van der Waals surface area contributed by atoms with Gasteiger partial charge in [-0.25, -0.2) is 4.39 Å². The Labute approximate surface area is 135 Å². The first-order valence-electron chi connectivity index (χ1n) is 8.01. The molecule has 1 saturated carbocycles. The van der Waals surface area contributed by atoms with E-state index < -0.39 is 5.82 Å². The van der Waals surface area contributed by atoms with Crippen LogP contribution in [-0.2, 0) is 4.79 Å². The molecule has 3 rings (SSSR count). The zero-order chi connectivity index (χ0) is 16.4. The monoisotopic (exact) mass is 320 g/mol. The second-order valence-corrected chi connectivity index (χ2v) is 6.09. The molecule has 1 heterocycles. The molecule has 0 aromatic heterocycles. The van der Waals surface area contributed by atoms with Gasteiger partial charge >= 0.3 is 0 Å². The highest BCUT2D eigenvalue weighted by Gasteiger charge is 2.34. The first-order valence-corrected chi connectivity index (χ1v) is 8.01. The summed E-state index contributed by atoms with van der Waals surface area (Å²) in [6, 6.07) is 4.24. The minimum absolute atomic E-state index is 0.124. The number of benzene rings is 1. The van der Waals surface area contributed by atoms with Crippen LogP contribution < -0.4 is 4.74 Å². The van der Waals surface area contributed by atoms with Gasteiger partial charge in [0.05, 0.1) is 7.11 Å². The molecule has 0 unspecified atom stereocenters. The van der Waals surface area contributed by atoms with E-state index >= 15 is 0 Å². The van der Waals surface area contributed by atoms with E-state index in [1.54, 1.807) is 11.0 Å². The van der Waals surface area contributed by atoms with E-state index in [0.717, 1.165) is 19.3 Å². The highest BCUT2D eigenvalue weighted by Crippen LogP contribution is 2.31. The maximum absolute atomic E-state index is 13.8. The third-order valence-corrected chi connectivity index (χ3v) is 4.42. The molecule has 5 nitrogen and oxygen atoms in total. The molecular weight excluding hydrogens is 299 g/mol. The summed E-state index contributed by atoms with van der Waals surface area (Å²) in [5.41, 5.74) is 0.310. The second kappa shape index (κ2) is 6.56. The Morgan fingerprint density at radius 3 is 2.48 bits per heavy atom. The molecule has 1 aromatic carbocycles. The van der Waals surface area contributed by atoms with Crippen molar-refractivity contribution in [2.45, 2.75) is 19.3 Å². The van der Waals surface area contributed by atoms with Crippen LogP contribution in [0.25, 0.3) is 0 Å². The fraction of sp³-hybridized carbons (Fsp3) is 0.529. The van der Waals surface area contributed by atoms with E-state index in [2.05, 4.69) is 0 Å². The molecule has 2 amide bonds. The lowest BCUT2D eigenvalue weighted by Gasteiger charge is -2.22. The van der Waals surface area contributed by atoms with E-state index in [1.165, 1.54) is 19.2 Å². The zero-order valence-corrected chi connectivity index (χ0v) is 13.3. The van der Waals surface area contributed by atoms with Gasteiger partial charge in [-0.2, -0.15) is 0 Å². The van der Waals surface area contributed by atoms with Gasteiger partial charge in [-0.05, 0) is 37.5 Å². The number of hydrogen-bond donors (Lipinski definition) is 0. The molecule has 1 saturated heterocycles. The standard InChI is InChI=1S/C17H21FN2O3/c1-23-15-6-5-13(11-14(15)18)17(22)20-8-2-7-19(9-10-20)16(21)12-3-4-12/h5-6,11-12H,2-4,7-10H2,1H3. The van der Waals surface area contributed by atoms with E-state index in [9.17, 15) is 14.0 Å². The van der Waals surface area contributed by atoms with Gasteiger partial charge in [0.25, 0.3) is 5.91 Å². The maximum atomic E-state index is 13.8. The van der Waals surface area contributed by atoms with Crippen LogP contribution in [0, 0.1) is 11.7 Å². The molecule has 2 fully saturated rings. The quantitative estimate of drug-likeness (QED) is 0.855. The van der Waals surface area contributed by atoms with Gasteiger partial charge in [0.1, 0.15) is 0 Å². The summed E-state index contributed by atoms with van der Waals surface area (Å²) >= 11 is 0. The van der Waals surface area contributed by atoms with Crippen LogP contribution >= 0.6 is 0 Å².